The molecule has 1 saturated carbocycles. The van der Waals surface area contributed by atoms with Crippen LogP contribution in [-0.4, -0.2) is 60.4 Å². The van der Waals surface area contributed by atoms with Gasteiger partial charge in [0.1, 0.15) is 0 Å². The number of rotatable bonds is 6. The maximum Gasteiger partial charge on any atom is 0.317 e. The molecule has 0 atom stereocenters. The smallest absolute Gasteiger partial charge is 0.317 e. The number of benzene rings is 1. The van der Waals surface area contributed by atoms with Crippen LogP contribution >= 0.6 is 0 Å². The van der Waals surface area contributed by atoms with Crippen molar-refractivity contribution < 1.29 is 9.59 Å². The molecule has 26 heavy (non-hydrogen) atoms. The van der Waals surface area contributed by atoms with Crippen molar-refractivity contribution in [3.8, 4) is 0 Å². The van der Waals surface area contributed by atoms with E-state index in [0.29, 0.717) is 12.5 Å². The number of Topliss-reactive ketones (excluding diaryl/α,β-unsaturated/α-hetero) is 1. The van der Waals surface area contributed by atoms with E-state index in [9.17, 15) is 9.59 Å². The minimum Gasteiger partial charge on any atom is -0.335 e. The van der Waals surface area contributed by atoms with Crippen LogP contribution in [0.25, 0.3) is 0 Å². The molecule has 2 amide bonds. The molecule has 5 nitrogen and oxygen atoms in total. The van der Waals surface area contributed by atoms with Gasteiger partial charge in [0.25, 0.3) is 0 Å². The van der Waals surface area contributed by atoms with E-state index in [-0.39, 0.29) is 11.8 Å². The van der Waals surface area contributed by atoms with Crippen molar-refractivity contribution in [2.75, 3.05) is 32.7 Å². The largest absolute Gasteiger partial charge is 0.335 e. The zero-order valence-corrected chi connectivity index (χ0v) is 15.7. The van der Waals surface area contributed by atoms with E-state index in [4.69, 9.17) is 0 Å². The zero-order chi connectivity index (χ0) is 18.2. The summed E-state index contributed by atoms with van der Waals surface area (Å²) in [5, 5.41) is 3.20. The average molecular weight is 357 g/mol. The summed E-state index contributed by atoms with van der Waals surface area (Å²) in [6.07, 6.45) is 7.50. The Bertz CT molecular complexity index is 576. The second kappa shape index (κ2) is 9.72. The van der Waals surface area contributed by atoms with Gasteiger partial charge in [-0.3, -0.25) is 9.69 Å². The van der Waals surface area contributed by atoms with Crippen molar-refractivity contribution in [3.63, 3.8) is 0 Å². The monoisotopic (exact) mass is 357 g/mol. The first-order chi connectivity index (χ1) is 12.7. The van der Waals surface area contributed by atoms with E-state index in [2.05, 4.69) is 10.2 Å². The number of ketones is 1. The summed E-state index contributed by atoms with van der Waals surface area (Å²) in [6, 6.07) is 9.99. The minimum absolute atomic E-state index is 0.107. The number of carbonyl (C=O) groups is 2. The summed E-state index contributed by atoms with van der Waals surface area (Å²) in [6.45, 7) is 4.29. The summed E-state index contributed by atoms with van der Waals surface area (Å²) in [5.41, 5.74) is 0.803. The van der Waals surface area contributed by atoms with E-state index >= 15 is 0 Å². The lowest BCUT2D eigenvalue weighted by Crippen LogP contribution is -2.53. The molecule has 142 valence electrons. The van der Waals surface area contributed by atoms with Crippen LogP contribution in [0.5, 0.6) is 0 Å². The number of piperazine rings is 1. The van der Waals surface area contributed by atoms with E-state index < -0.39 is 0 Å². The van der Waals surface area contributed by atoms with Crippen LogP contribution < -0.4 is 5.32 Å². The van der Waals surface area contributed by atoms with Gasteiger partial charge in [-0.25, -0.2) is 4.79 Å². The standard InChI is InChI=1S/C21H31N3O2/c25-20(18-8-3-1-4-9-18)12-7-13-23-14-16-24(17-15-23)21(26)22-19-10-5-2-6-11-19/h1,3-4,8-9,19H,2,5-7,10-17H2,(H,22,26). The van der Waals surface area contributed by atoms with Gasteiger partial charge in [0.2, 0.25) is 0 Å². The first kappa shape index (κ1) is 18.9. The molecule has 1 aliphatic carbocycles. The van der Waals surface area contributed by atoms with Crippen molar-refractivity contribution in [3.05, 3.63) is 35.9 Å². The van der Waals surface area contributed by atoms with Gasteiger partial charge in [-0.1, -0.05) is 49.6 Å². The number of carbonyl (C=O) groups excluding carboxylic acids is 2. The van der Waals surface area contributed by atoms with Crippen LogP contribution in [0.15, 0.2) is 30.3 Å². The third kappa shape index (κ3) is 5.56. The first-order valence-corrected chi connectivity index (χ1v) is 10.1. The summed E-state index contributed by atoms with van der Waals surface area (Å²) < 4.78 is 0. The minimum atomic E-state index is 0.107. The zero-order valence-electron chi connectivity index (χ0n) is 15.7. The highest BCUT2D eigenvalue weighted by Crippen LogP contribution is 2.17. The summed E-state index contributed by atoms with van der Waals surface area (Å²) in [4.78, 5) is 28.8. The molecule has 0 spiro atoms. The normalized spacial score (nSPS) is 19.3. The van der Waals surface area contributed by atoms with Crippen molar-refractivity contribution in [2.45, 2.75) is 51.0 Å². The predicted octanol–water partition coefficient (Wildman–Crippen LogP) is 3.31. The molecule has 1 aromatic rings. The molecular weight excluding hydrogens is 326 g/mol. The summed E-state index contributed by atoms with van der Waals surface area (Å²) in [5.74, 6) is 0.219. The van der Waals surface area contributed by atoms with Gasteiger partial charge in [-0.15, -0.1) is 0 Å². The fourth-order valence-electron chi connectivity index (χ4n) is 3.92. The SMILES string of the molecule is O=C(CCCN1CCN(C(=O)NC2CCCCC2)CC1)c1ccccc1. The average Bonchev–Trinajstić information content (AvgIpc) is 2.70. The molecule has 1 N–H and O–H groups in total. The summed E-state index contributed by atoms with van der Waals surface area (Å²) >= 11 is 0. The number of nitrogens with zero attached hydrogens (tertiary/aromatic N) is 2. The van der Waals surface area contributed by atoms with Gasteiger partial charge < -0.3 is 10.2 Å². The van der Waals surface area contributed by atoms with E-state index in [0.717, 1.165) is 57.5 Å². The number of urea groups is 1. The maximum atomic E-state index is 12.4. The molecule has 0 radical (unpaired) electrons. The van der Waals surface area contributed by atoms with Gasteiger partial charge in [-0.05, 0) is 25.8 Å². The second-order valence-corrected chi connectivity index (χ2v) is 7.51. The Morgan fingerprint density at radius 1 is 0.962 bits per heavy atom. The highest BCUT2D eigenvalue weighted by Gasteiger charge is 2.23. The topological polar surface area (TPSA) is 52.7 Å². The molecule has 1 aliphatic heterocycles. The lowest BCUT2D eigenvalue weighted by Gasteiger charge is -2.36. The summed E-state index contributed by atoms with van der Waals surface area (Å²) in [7, 11) is 0. The molecule has 5 heteroatoms. The first-order valence-electron chi connectivity index (χ1n) is 10.1. The number of hydrogen-bond donors (Lipinski definition) is 1. The fraction of sp³-hybridized carbons (Fsp3) is 0.619. The highest BCUT2D eigenvalue weighted by atomic mass is 16.2. The lowest BCUT2D eigenvalue weighted by atomic mass is 9.96. The Balaban J connectivity index is 1.32. The Hall–Kier alpha value is -1.88. The molecule has 0 aromatic heterocycles. The molecule has 1 saturated heterocycles. The van der Waals surface area contributed by atoms with Crippen LogP contribution in [0.4, 0.5) is 4.79 Å². The highest BCUT2D eigenvalue weighted by molar-refractivity contribution is 5.95. The third-order valence-electron chi connectivity index (χ3n) is 5.57. The van der Waals surface area contributed by atoms with Crippen molar-refractivity contribution in [1.82, 2.24) is 15.1 Å². The van der Waals surface area contributed by atoms with E-state index in [1.807, 2.05) is 35.2 Å². The van der Waals surface area contributed by atoms with Crippen LogP contribution in [0.1, 0.15) is 55.3 Å². The molecule has 0 bridgehead atoms. The van der Waals surface area contributed by atoms with E-state index in [1.165, 1.54) is 19.3 Å². The van der Waals surface area contributed by atoms with Gasteiger partial charge in [0.15, 0.2) is 5.78 Å². The fourth-order valence-corrected chi connectivity index (χ4v) is 3.92. The predicted molar refractivity (Wildman–Crippen MR) is 103 cm³/mol. The third-order valence-corrected chi connectivity index (χ3v) is 5.57. The molecule has 2 fully saturated rings. The second-order valence-electron chi connectivity index (χ2n) is 7.51. The molecule has 0 unspecified atom stereocenters. The Morgan fingerprint density at radius 2 is 1.65 bits per heavy atom. The van der Waals surface area contributed by atoms with Crippen LogP contribution in [0.2, 0.25) is 0 Å². The van der Waals surface area contributed by atoms with E-state index in [1.54, 1.807) is 0 Å². The lowest BCUT2D eigenvalue weighted by molar-refractivity contribution is 0.0967. The van der Waals surface area contributed by atoms with Crippen LogP contribution in [0.3, 0.4) is 0 Å². The van der Waals surface area contributed by atoms with Gasteiger partial charge >= 0.3 is 6.03 Å². The Morgan fingerprint density at radius 3 is 2.35 bits per heavy atom. The molecular formula is C21H31N3O2. The van der Waals surface area contributed by atoms with Gasteiger partial charge in [0.05, 0.1) is 0 Å². The Labute approximate surface area is 156 Å². The van der Waals surface area contributed by atoms with Crippen molar-refractivity contribution >= 4 is 11.8 Å². The number of amides is 2. The molecule has 2 aliphatic rings. The maximum absolute atomic E-state index is 12.4. The van der Waals surface area contributed by atoms with Crippen molar-refractivity contribution in [1.29, 1.82) is 0 Å². The van der Waals surface area contributed by atoms with Crippen LogP contribution in [0, 0.1) is 0 Å². The van der Waals surface area contributed by atoms with Crippen LogP contribution in [-0.2, 0) is 0 Å². The van der Waals surface area contributed by atoms with Gasteiger partial charge in [0, 0.05) is 44.2 Å². The molecule has 1 aromatic carbocycles. The Kier molecular flexibility index (Phi) is 7.06. The molecule has 1 heterocycles. The van der Waals surface area contributed by atoms with Gasteiger partial charge in [-0.2, -0.15) is 0 Å². The quantitative estimate of drug-likeness (QED) is 0.795. The van der Waals surface area contributed by atoms with Crippen molar-refractivity contribution in [2.24, 2.45) is 0 Å². The number of hydrogen-bond acceptors (Lipinski definition) is 3. The molecule has 3 rings (SSSR count). The number of nitrogens with one attached hydrogen (secondary N) is 1.